The van der Waals surface area contributed by atoms with Crippen LogP contribution in [0, 0.1) is 4.77 Å². The number of H-pyrrole nitrogens is 1. The first-order valence-electron chi connectivity index (χ1n) is 5.64. The van der Waals surface area contributed by atoms with E-state index in [4.69, 9.17) is 17.3 Å². The van der Waals surface area contributed by atoms with Crippen LogP contribution >= 0.6 is 23.6 Å². The third-order valence-corrected chi connectivity index (χ3v) is 4.07. The van der Waals surface area contributed by atoms with Crippen LogP contribution in [0.5, 0.6) is 0 Å². The Morgan fingerprint density at radius 3 is 2.60 bits per heavy atom. The van der Waals surface area contributed by atoms with Crippen molar-refractivity contribution in [1.29, 1.82) is 0 Å². The van der Waals surface area contributed by atoms with Crippen LogP contribution in [0.1, 0.15) is 10.4 Å². The van der Waals surface area contributed by atoms with E-state index in [9.17, 15) is 9.59 Å². The molecule has 20 heavy (non-hydrogen) atoms. The fourth-order valence-corrected chi connectivity index (χ4v) is 3.00. The van der Waals surface area contributed by atoms with Gasteiger partial charge in [-0.3, -0.25) is 9.36 Å². The number of carbonyl (C=O) groups is 1. The van der Waals surface area contributed by atoms with Crippen molar-refractivity contribution in [2.75, 3.05) is 0 Å². The summed E-state index contributed by atoms with van der Waals surface area (Å²) in [5.41, 5.74) is 1.20. The van der Waals surface area contributed by atoms with E-state index in [1.807, 2.05) is 5.38 Å². The number of nitrogens with zero attached hydrogens (tertiary/aromatic N) is 1. The number of rotatable bonds is 2. The minimum absolute atomic E-state index is 0.161. The summed E-state index contributed by atoms with van der Waals surface area (Å²) in [4.78, 5) is 26.2. The molecule has 0 spiro atoms. The number of hydrogen-bond donors (Lipinski definition) is 2. The number of aromatic carboxylic acids is 1. The largest absolute Gasteiger partial charge is 0.478 e. The standard InChI is InChI=1S/C13H8N2O3S2/c16-11-10-9(5-6-20-10)14-13(19)15(11)8-3-1-7(2-4-8)12(17)18/h1-6H,(H,14,19)(H,17,18). The lowest BCUT2D eigenvalue weighted by Crippen LogP contribution is -2.19. The van der Waals surface area contributed by atoms with E-state index in [-0.39, 0.29) is 15.9 Å². The quantitative estimate of drug-likeness (QED) is 0.714. The van der Waals surface area contributed by atoms with Gasteiger partial charge in [-0.25, -0.2) is 4.79 Å². The van der Waals surface area contributed by atoms with Crippen LogP contribution < -0.4 is 5.56 Å². The highest BCUT2D eigenvalue weighted by molar-refractivity contribution is 7.71. The molecule has 2 aromatic heterocycles. The lowest BCUT2D eigenvalue weighted by atomic mass is 10.2. The summed E-state index contributed by atoms with van der Waals surface area (Å²) in [5, 5.41) is 10.7. The fourth-order valence-electron chi connectivity index (χ4n) is 1.93. The molecule has 0 aliphatic heterocycles. The maximum Gasteiger partial charge on any atom is 0.335 e. The van der Waals surface area contributed by atoms with Gasteiger partial charge in [0, 0.05) is 0 Å². The Morgan fingerprint density at radius 1 is 1.25 bits per heavy atom. The Labute approximate surface area is 121 Å². The molecule has 0 fully saturated rings. The summed E-state index contributed by atoms with van der Waals surface area (Å²) < 4.78 is 2.23. The molecule has 2 heterocycles. The van der Waals surface area contributed by atoms with E-state index in [0.717, 1.165) is 0 Å². The third kappa shape index (κ3) is 1.97. The molecule has 0 saturated heterocycles. The zero-order valence-electron chi connectivity index (χ0n) is 9.99. The third-order valence-electron chi connectivity index (χ3n) is 2.88. The van der Waals surface area contributed by atoms with Crippen molar-refractivity contribution in [2.45, 2.75) is 0 Å². The van der Waals surface area contributed by atoms with Crippen LogP contribution in [0.4, 0.5) is 0 Å². The zero-order valence-corrected chi connectivity index (χ0v) is 11.6. The van der Waals surface area contributed by atoms with Gasteiger partial charge in [-0.1, -0.05) is 0 Å². The minimum atomic E-state index is -1.01. The monoisotopic (exact) mass is 304 g/mol. The second-order valence-corrected chi connectivity index (χ2v) is 5.39. The van der Waals surface area contributed by atoms with E-state index in [1.54, 1.807) is 18.2 Å². The summed E-state index contributed by atoms with van der Waals surface area (Å²) in [6.45, 7) is 0. The highest BCUT2D eigenvalue weighted by Gasteiger charge is 2.09. The van der Waals surface area contributed by atoms with Gasteiger partial charge in [0.2, 0.25) is 0 Å². The van der Waals surface area contributed by atoms with Crippen molar-refractivity contribution in [3.8, 4) is 5.69 Å². The van der Waals surface area contributed by atoms with Gasteiger partial charge in [-0.05, 0) is 47.9 Å². The first-order chi connectivity index (χ1) is 9.58. The fraction of sp³-hybridized carbons (Fsp3) is 0. The zero-order chi connectivity index (χ0) is 14.3. The first kappa shape index (κ1) is 12.8. The molecule has 5 nitrogen and oxygen atoms in total. The Bertz CT molecular complexity index is 919. The van der Waals surface area contributed by atoms with Crippen molar-refractivity contribution in [1.82, 2.24) is 9.55 Å². The van der Waals surface area contributed by atoms with Gasteiger partial charge in [-0.15, -0.1) is 11.3 Å². The second-order valence-electron chi connectivity index (χ2n) is 4.09. The molecule has 0 aliphatic rings. The van der Waals surface area contributed by atoms with Gasteiger partial charge < -0.3 is 10.1 Å². The Hall–Kier alpha value is -2.25. The molecule has 3 aromatic rings. The maximum absolute atomic E-state index is 12.4. The number of aromatic amines is 1. The molecule has 0 saturated carbocycles. The van der Waals surface area contributed by atoms with Gasteiger partial charge in [0.15, 0.2) is 4.77 Å². The van der Waals surface area contributed by atoms with Crippen LogP contribution in [0.15, 0.2) is 40.5 Å². The molecule has 0 radical (unpaired) electrons. The van der Waals surface area contributed by atoms with Crippen molar-refractivity contribution < 1.29 is 9.90 Å². The van der Waals surface area contributed by atoms with Crippen LogP contribution in [-0.2, 0) is 0 Å². The predicted octanol–water partition coefficient (Wildman–Crippen LogP) is 2.81. The summed E-state index contributed by atoms with van der Waals surface area (Å²) in [5.74, 6) is -1.01. The average molecular weight is 304 g/mol. The molecule has 100 valence electrons. The Kier molecular flexibility index (Phi) is 3.00. The van der Waals surface area contributed by atoms with Gasteiger partial charge in [0.1, 0.15) is 4.70 Å². The molecule has 0 unspecified atom stereocenters. The maximum atomic E-state index is 12.4. The van der Waals surface area contributed by atoms with Crippen molar-refractivity contribution in [2.24, 2.45) is 0 Å². The van der Waals surface area contributed by atoms with E-state index < -0.39 is 5.97 Å². The Balaban J connectivity index is 2.26. The van der Waals surface area contributed by atoms with Gasteiger partial charge in [0.05, 0.1) is 16.8 Å². The van der Waals surface area contributed by atoms with Crippen LogP contribution in [-0.4, -0.2) is 20.6 Å². The number of benzene rings is 1. The number of carboxylic acid groups (broad SMARTS) is 1. The molecule has 0 aliphatic carbocycles. The second kappa shape index (κ2) is 4.69. The topological polar surface area (TPSA) is 75.1 Å². The van der Waals surface area contributed by atoms with E-state index >= 15 is 0 Å². The predicted molar refractivity (Wildman–Crippen MR) is 79.6 cm³/mol. The van der Waals surface area contributed by atoms with Crippen molar-refractivity contribution in [3.63, 3.8) is 0 Å². The summed E-state index contributed by atoms with van der Waals surface area (Å²) in [6, 6.07) is 7.81. The Morgan fingerprint density at radius 2 is 1.95 bits per heavy atom. The number of nitrogens with one attached hydrogen (secondary N) is 1. The summed E-state index contributed by atoms with van der Waals surface area (Å²) in [6.07, 6.45) is 0. The highest BCUT2D eigenvalue weighted by atomic mass is 32.1. The number of thiophene rings is 1. The molecular weight excluding hydrogens is 296 g/mol. The summed E-state index contributed by atoms with van der Waals surface area (Å²) in [7, 11) is 0. The van der Waals surface area contributed by atoms with Crippen molar-refractivity contribution in [3.05, 3.63) is 56.4 Å². The molecular formula is C13H8N2O3S2. The summed E-state index contributed by atoms with van der Waals surface area (Å²) >= 11 is 6.53. The molecule has 0 atom stereocenters. The number of aromatic nitrogens is 2. The highest BCUT2D eigenvalue weighted by Crippen LogP contribution is 2.16. The number of carboxylic acids is 1. The smallest absolute Gasteiger partial charge is 0.335 e. The molecule has 0 amide bonds. The van der Waals surface area contributed by atoms with Gasteiger partial charge in [-0.2, -0.15) is 0 Å². The lowest BCUT2D eigenvalue weighted by molar-refractivity contribution is 0.0697. The number of fused-ring (bicyclic) bond motifs is 1. The average Bonchev–Trinajstić information content (AvgIpc) is 2.87. The van der Waals surface area contributed by atoms with E-state index in [1.165, 1.54) is 28.0 Å². The number of hydrogen-bond acceptors (Lipinski definition) is 4. The molecule has 7 heteroatoms. The van der Waals surface area contributed by atoms with E-state index in [0.29, 0.717) is 15.9 Å². The van der Waals surface area contributed by atoms with Gasteiger partial charge in [0.25, 0.3) is 5.56 Å². The molecule has 1 aromatic carbocycles. The molecule has 0 bridgehead atoms. The first-order valence-corrected chi connectivity index (χ1v) is 6.93. The minimum Gasteiger partial charge on any atom is -0.478 e. The van der Waals surface area contributed by atoms with Gasteiger partial charge >= 0.3 is 5.97 Å². The van der Waals surface area contributed by atoms with Crippen LogP contribution in [0.25, 0.3) is 15.9 Å². The molecule has 3 rings (SSSR count). The van der Waals surface area contributed by atoms with E-state index in [2.05, 4.69) is 4.98 Å². The molecule has 2 N–H and O–H groups in total. The normalized spacial score (nSPS) is 10.8. The van der Waals surface area contributed by atoms with Crippen molar-refractivity contribution >= 4 is 39.7 Å². The van der Waals surface area contributed by atoms with Crippen LogP contribution in [0.3, 0.4) is 0 Å². The SMILES string of the molecule is O=C(O)c1ccc(-n2c(=S)[nH]c3ccsc3c2=O)cc1. The van der Waals surface area contributed by atoms with Crippen LogP contribution in [0.2, 0.25) is 0 Å². The lowest BCUT2D eigenvalue weighted by Gasteiger charge is -2.06.